The van der Waals surface area contributed by atoms with E-state index in [-0.39, 0.29) is 17.2 Å². The lowest BCUT2D eigenvalue weighted by Crippen LogP contribution is -2.41. The largest absolute Gasteiger partial charge is 0.507 e. The smallest absolute Gasteiger partial charge is 0.326 e. The highest BCUT2D eigenvalue weighted by atomic mass is 35.5. The summed E-state index contributed by atoms with van der Waals surface area (Å²) in [4.78, 5) is 53.1. The van der Waals surface area contributed by atoms with E-state index < -0.39 is 53.6 Å². The van der Waals surface area contributed by atoms with E-state index in [1.54, 1.807) is 91.0 Å². The molecule has 2 aliphatic heterocycles. The molecule has 0 radical (unpaired) electrons. The normalized spacial score (nSPS) is 18.3. The quantitative estimate of drug-likeness (QED) is 0.139. The summed E-state index contributed by atoms with van der Waals surface area (Å²) in [5.41, 5.74) is 4.43. The number of rotatable bonds is 8. The van der Waals surface area contributed by atoms with Gasteiger partial charge in [0.1, 0.15) is 29.5 Å². The molecule has 4 atom stereocenters. The third-order valence-corrected chi connectivity index (χ3v) is 11.7. The molecule has 2 fully saturated rings. The van der Waals surface area contributed by atoms with Gasteiger partial charge < -0.3 is 25.1 Å². The zero-order valence-corrected chi connectivity index (χ0v) is 33.8. The number of likely N-dealkylation sites (tertiary alicyclic amines) is 2. The van der Waals surface area contributed by atoms with Gasteiger partial charge in [0.2, 0.25) is 0 Å². The van der Waals surface area contributed by atoms with Gasteiger partial charge in [-0.05, 0) is 108 Å². The van der Waals surface area contributed by atoms with Crippen molar-refractivity contribution in [3.63, 3.8) is 0 Å². The molecule has 0 spiro atoms. The van der Waals surface area contributed by atoms with Crippen LogP contribution in [0.4, 0.5) is 8.78 Å². The molecule has 2 amide bonds. The minimum absolute atomic E-state index is 0.154. The lowest BCUT2D eigenvalue weighted by Gasteiger charge is -2.29. The fourth-order valence-corrected chi connectivity index (χ4v) is 8.63. The molecule has 3 N–H and O–H groups in total. The Morgan fingerprint density at radius 2 is 0.918 bits per heavy atom. The average molecular weight is 864 g/mol. The monoisotopic (exact) mass is 862 g/mol. The summed E-state index contributed by atoms with van der Waals surface area (Å²) in [5.74, 6) is -4.13. The van der Waals surface area contributed by atoms with Crippen molar-refractivity contribution in [2.45, 2.75) is 49.9 Å². The van der Waals surface area contributed by atoms with Crippen molar-refractivity contribution >= 4 is 47.0 Å². The number of carboxylic acid groups (broad SMARTS) is 2. The van der Waals surface area contributed by atoms with Gasteiger partial charge in [0.25, 0.3) is 11.8 Å². The predicted octanol–water partition coefficient (Wildman–Crippen LogP) is 10.9. The fourth-order valence-electron chi connectivity index (χ4n) is 8.11. The van der Waals surface area contributed by atoms with Gasteiger partial charge in [-0.1, -0.05) is 102 Å². The van der Waals surface area contributed by atoms with Gasteiger partial charge in [0.05, 0.1) is 12.1 Å². The zero-order chi connectivity index (χ0) is 43.4. The van der Waals surface area contributed by atoms with E-state index in [0.29, 0.717) is 63.5 Å². The summed E-state index contributed by atoms with van der Waals surface area (Å²) >= 11 is 12.7. The first-order valence-electron chi connectivity index (χ1n) is 19.4. The molecule has 6 aromatic carbocycles. The third-order valence-electron chi connectivity index (χ3n) is 11.0. The Balaban J connectivity index is 0.000000184. The van der Waals surface area contributed by atoms with Gasteiger partial charge >= 0.3 is 11.9 Å². The lowest BCUT2D eigenvalue weighted by atomic mass is 10.0. The van der Waals surface area contributed by atoms with Crippen LogP contribution in [0.1, 0.15) is 69.6 Å². The second kappa shape index (κ2) is 18.4. The number of hydrogen-bond donors (Lipinski definition) is 3. The number of carbonyl (C=O) groups excluding carboxylic acids is 2. The number of nitrogens with zero attached hydrogens (tertiary/aromatic N) is 2. The van der Waals surface area contributed by atoms with Gasteiger partial charge in [-0.15, -0.1) is 0 Å². The van der Waals surface area contributed by atoms with Crippen LogP contribution in [0.25, 0.3) is 22.3 Å². The molecule has 2 aliphatic rings. The van der Waals surface area contributed by atoms with Crippen LogP contribution in [0.5, 0.6) is 5.75 Å². The molecule has 9 nitrogen and oxygen atoms in total. The Labute approximate surface area is 360 Å². The van der Waals surface area contributed by atoms with Gasteiger partial charge in [0.15, 0.2) is 0 Å². The number of aliphatic carboxylic acids is 2. The van der Waals surface area contributed by atoms with Crippen molar-refractivity contribution < 1.29 is 43.3 Å². The molecule has 310 valence electrons. The molecular formula is C48H38Cl2F2N2O7. The van der Waals surface area contributed by atoms with E-state index in [0.717, 1.165) is 17.2 Å². The Morgan fingerprint density at radius 1 is 0.508 bits per heavy atom. The van der Waals surface area contributed by atoms with Crippen molar-refractivity contribution in [3.05, 3.63) is 183 Å². The molecule has 0 saturated carbocycles. The highest BCUT2D eigenvalue weighted by molar-refractivity contribution is 6.31. The van der Waals surface area contributed by atoms with Crippen LogP contribution in [-0.4, -0.2) is 61.0 Å². The molecule has 0 aliphatic carbocycles. The van der Waals surface area contributed by atoms with E-state index in [9.17, 15) is 43.3 Å². The van der Waals surface area contributed by atoms with Crippen LogP contribution >= 0.6 is 23.2 Å². The molecule has 0 unspecified atom stereocenters. The van der Waals surface area contributed by atoms with Crippen LogP contribution in [0.2, 0.25) is 10.0 Å². The van der Waals surface area contributed by atoms with E-state index in [2.05, 4.69) is 0 Å². The zero-order valence-electron chi connectivity index (χ0n) is 32.3. The maximum absolute atomic E-state index is 13.5. The van der Waals surface area contributed by atoms with Crippen molar-refractivity contribution in [3.8, 4) is 28.0 Å². The molecule has 2 saturated heterocycles. The first-order chi connectivity index (χ1) is 29.3. The summed E-state index contributed by atoms with van der Waals surface area (Å²) < 4.78 is 27.0. The Bertz CT molecular complexity index is 2590. The van der Waals surface area contributed by atoms with Gasteiger partial charge in [-0.3, -0.25) is 9.59 Å². The topological polar surface area (TPSA) is 135 Å². The maximum atomic E-state index is 13.5. The number of halogens is 4. The standard InChI is InChI=1S/C24H18ClF2NO3.C24H20ClNO4/c25-20-4-2-1-3-19(20)21-9-10-22(24(30)31)28(21)23(29)15-7-5-14(6-8-15)16-11-17(26)13-18(27)12-16;25-19-7-3-1-6-18(19)20-13-14-21(24(29)30)26(20)23(28)16-11-9-15(10-12-16)17-5-2-4-8-22(17)27/h1-8,11-13,21-22H,9-10H2,(H,30,31);1-12,20-21,27H,13-14H2,(H,29,30)/t21-,22+;20-,21+/m11/s1. The van der Waals surface area contributed by atoms with Crippen LogP contribution in [-0.2, 0) is 9.59 Å². The molecule has 6 aromatic rings. The Morgan fingerprint density at radius 3 is 1.34 bits per heavy atom. The molecule has 8 rings (SSSR count). The summed E-state index contributed by atoms with van der Waals surface area (Å²) in [6, 6.07) is 34.7. The number of para-hydroxylation sites is 1. The second-order valence-electron chi connectivity index (χ2n) is 14.7. The fraction of sp³-hybridized carbons (Fsp3) is 0.167. The van der Waals surface area contributed by atoms with Crippen molar-refractivity contribution in [2.24, 2.45) is 0 Å². The first kappa shape index (κ1) is 42.6. The van der Waals surface area contributed by atoms with Crippen molar-refractivity contribution in [1.82, 2.24) is 9.80 Å². The van der Waals surface area contributed by atoms with E-state index in [1.165, 1.54) is 34.1 Å². The highest BCUT2D eigenvalue weighted by Gasteiger charge is 2.44. The number of aromatic hydroxyl groups is 1. The maximum Gasteiger partial charge on any atom is 0.326 e. The van der Waals surface area contributed by atoms with Crippen LogP contribution in [0, 0.1) is 11.6 Å². The molecule has 13 heteroatoms. The molecule has 0 bridgehead atoms. The second-order valence-corrected chi connectivity index (χ2v) is 15.5. The number of carbonyl (C=O) groups is 4. The average Bonchev–Trinajstić information content (AvgIpc) is 3.90. The predicted molar refractivity (Wildman–Crippen MR) is 227 cm³/mol. The number of hydrogen-bond acceptors (Lipinski definition) is 5. The number of benzene rings is 6. The van der Waals surface area contributed by atoms with Crippen molar-refractivity contribution in [1.29, 1.82) is 0 Å². The number of phenols is 1. The minimum Gasteiger partial charge on any atom is -0.507 e. The van der Waals surface area contributed by atoms with E-state index in [1.807, 2.05) is 18.2 Å². The van der Waals surface area contributed by atoms with Crippen LogP contribution < -0.4 is 0 Å². The molecular weight excluding hydrogens is 825 g/mol. The number of amides is 2. The van der Waals surface area contributed by atoms with Crippen molar-refractivity contribution in [2.75, 3.05) is 0 Å². The van der Waals surface area contributed by atoms with E-state index >= 15 is 0 Å². The van der Waals surface area contributed by atoms with Gasteiger partial charge in [-0.2, -0.15) is 0 Å². The summed E-state index contributed by atoms with van der Waals surface area (Å²) in [6.45, 7) is 0. The highest BCUT2D eigenvalue weighted by Crippen LogP contribution is 2.42. The summed E-state index contributed by atoms with van der Waals surface area (Å²) in [7, 11) is 0. The van der Waals surface area contributed by atoms with Gasteiger partial charge in [-0.25, -0.2) is 18.4 Å². The van der Waals surface area contributed by atoms with Crippen LogP contribution in [0.3, 0.4) is 0 Å². The Hall–Kier alpha value is -6.56. The summed E-state index contributed by atoms with van der Waals surface area (Å²) in [6.07, 6.45) is 1.69. The minimum atomic E-state index is -1.07. The SMILES string of the molecule is O=C(O)[C@@H]1CC[C@H](c2ccccc2Cl)N1C(=O)c1ccc(-c2cc(F)cc(F)c2)cc1.O=C(O)[C@@H]1CC[C@H](c2ccccc2Cl)N1C(=O)c1ccc(-c2ccccc2O)cc1. The van der Waals surface area contributed by atoms with Gasteiger partial charge in [0, 0.05) is 32.8 Å². The molecule has 61 heavy (non-hydrogen) atoms. The number of phenolic OH excluding ortho intramolecular Hbond substituents is 1. The molecule has 2 heterocycles. The summed E-state index contributed by atoms with van der Waals surface area (Å²) in [5, 5.41) is 30.4. The third kappa shape index (κ3) is 9.13. The lowest BCUT2D eigenvalue weighted by molar-refractivity contribution is -0.142. The number of carboxylic acids is 2. The first-order valence-corrected chi connectivity index (χ1v) is 20.1. The Kier molecular flexibility index (Phi) is 12.8. The molecule has 0 aromatic heterocycles. The van der Waals surface area contributed by atoms with Crippen LogP contribution in [0.15, 0.2) is 140 Å². The van der Waals surface area contributed by atoms with E-state index in [4.69, 9.17) is 23.2 Å².